The quantitative estimate of drug-likeness (QED) is 0.731. The van der Waals surface area contributed by atoms with Gasteiger partial charge in [0.1, 0.15) is 0 Å². The number of carbonyl (C=O) groups excluding carboxylic acids is 2. The molecule has 0 saturated carbocycles. The van der Waals surface area contributed by atoms with E-state index in [4.69, 9.17) is 4.74 Å². The fourth-order valence-corrected chi connectivity index (χ4v) is 2.52. The third-order valence-corrected chi connectivity index (χ3v) is 3.80. The van der Waals surface area contributed by atoms with Crippen LogP contribution in [0.15, 0.2) is 0 Å². The maximum absolute atomic E-state index is 11.8. The molecule has 1 heterocycles. The van der Waals surface area contributed by atoms with Crippen molar-refractivity contribution >= 4 is 12.0 Å². The third-order valence-electron chi connectivity index (χ3n) is 3.80. The summed E-state index contributed by atoms with van der Waals surface area (Å²) in [6.07, 6.45) is 7.81. The molecule has 0 aromatic carbocycles. The summed E-state index contributed by atoms with van der Waals surface area (Å²) in [5.41, 5.74) is 0. The van der Waals surface area contributed by atoms with Gasteiger partial charge in [-0.3, -0.25) is 4.79 Å². The summed E-state index contributed by atoms with van der Waals surface area (Å²) < 4.78 is 4.69. The second-order valence-corrected chi connectivity index (χ2v) is 5.46. The number of hydrogen-bond acceptors (Lipinski definition) is 3. The average molecular weight is 284 g/mol. The van der Waals surface area contributed by atoms with Crippen molar-refractivity contribution in [1.29, 1.82) is 0 Å². The summed E-state index contributed by atoms with van der Waals surface area (Å²) in [6, 6.07) is 0.207. The molecule has 1 aliphatic rings. The topological polar surface area (TPSA) is 58.6 Å². The highest BCUT2D eigenvalue weighted by molar-refractivity contribution is 5.76. The fourth-order valence-electron chi connectivity index (χ4n) is 2.52. The van der Waals surface area contributed by atoms with E-state index >= 15 is 0 Å². The van der Waals surface area contributed by atoms with Crippen LogP contribution in [0.3, 0.4) is 0 Å². The van der Waals surface area contributed by atoms with E-state index in [2.05, 4.69) is 12.2 Å². The van der Waals surface area contributed by atoms with Crippen LogP contribution in [-0.4, -0.2) is 43.1 Å². The van der Waals surface area contributed by atoms with Gasteiger partial charge in [0, 0.05) is 25.6 Å². The van der Waals surface area contributed by atoms with Crippen molar-refractivity contribution in [3.05, 3.63) is 0 Å². The second kappa shape index (κ2) is 9.61. The number of methoxy groups -OCH3 is 1. The number of nitrogens with one attached hydrogen (secondary N) is 1. The number of likely N-dealkylation sites (tertiary alicyclic amines) is 1. The molecule has 0 radical (unpaired) electrons. The monoisotopic (exact) mass is 284 g/mol. The minimum Gasteiger partial charge on any atom is -0.453 e. The lowest BCUT2D eigenvalue weighted by molar-refractivity contribution is -0.122. The van der Waals surface area contributed by atoms with Crippen LogP contribution in [0.25, 0.3) is 0 Å². The van der Waals surface area contributed by atoms with Crippen molar-refractivity contribution in [2.24, 2.45) is 0 Å². The van der Waals surface area contributed by atoms with Gasteiger partial charge in [0.15, 0.2) is 0 Å². The Morgan fingerprint density at radius 3 is 2.40 bits per heavy atom. The Morgan fingerprint density at radius 1 is 1.15 bits per heavy atom. The van der Waals surface area contributed by atoms with Gasteiger partial charge in [-0.05, 0) is 19.3 Å². The summed E-state index contributed by atoms with van der Waals surface area (Å²) in [6.45, 7) is 3.51. The van der Waals surface area contributed by atoms with Crippen molar-refractivity contribution in [2.75, 3.05) is 20.2 Å². The maximum Gasteiger partial charge on any atom is 0.409 e. The average Bonchev–Trinajstić information content (AvgIpc) is 2.47. The van der Waals surface area contributed by atoms with Gasteiger partial charge in [0.05, 0.1) is 7.11 Å². The van der Waals surface area contributed by atoms with Gasteiger partial charge < -0.3 is 15.0 Å². The first-order valence-corrected chi connectivity index (χ1v) is 7.79. The van der Waals surface area contributed by atoms with Crippen LogP contribution in [0, 0.1) is 0 Å². The van der Waals surface area contributed by atoms with E-state index in [1.165, 1.54) is 26.4 Å². The molecule has 0 atom stereocenters. The molecule has 0 aliphatic carbocycles. The molecule has 20 heavy (non-hydrogen) atoms. The molecule has 1 rings (SSSR count). The van der Waals surface area contributed by atoms with Crippen molar-refractivity contribution < 1.29 is 14.3 Å². The number of hydrogen-bond donors (Lipinski definition) is 1. The molecule has 116 valence electrons. The van der Waals surface area contributed by atoms with Gasteiger partial charge in [0.2, 0.25) is 5.91 Å². The Labute approximate surface area is 122 Å². The lowest BCUT2D eigenvalue weighted by Gasteiger charge is -2.31. The number of piperidine rings is 1. The van der Waals surface area contributed by atoms with Crippen LogP contribution in [0.5, 0.6) is 0 Å². The van der Waals surface area contributed by atoms with Crippen molar-refractivity contribution in [3.63, 3.8) is 0 Å². The first-order valence-electron chi connectivity index (χ1n) is 7.79. The predicted octanol–water partition coefficient (Wildman–Crippen LogP) is 2.69. The molecule has 0 unspecified atom stereocenters. The SMILES string of the molecule is CCCCCCCC(=O)NC1CCN(C(=O)OC)CC1. The zero-order valence-electron chi connectivity index (χ0n) is 12.8. The standard InChI is InChI=1S/C15H28N2O3/c1-3-4-5-6-7-8-14(18)16-13-9-11-17(12-10-13)15(19)20-2/h13H,3-12H2,1-2H3,(H,16,18). The summed E-state index contributed by atoms with van der Waals surface area (Å²) in [5.74, 6) is 0.151. The second-order valence-electron chi connectivity index (χ2n) is 5.46. The summed E-state index contributed by atoms with van der Waals surface area (Å²) in [4.78, 5) is 24.8. The Hall–Kier alpha value is -1.26. The van der Waals surface area contributed by atoms with Crippen LogP contribution in [-0.2, 0) is 9.53 Å². The van der Waals surface area contributed by atoms with E-state index < -0.39 is 0 Å². The van der Waals surface area contributed by atoms with Gasteiger partial charge in [-0.1, -0.05) is 32.6 Å². The lowest BCUT2D eigenvalue weighted by atomic mass is 10.0. The Morgan fingerprint density at radius 2 is 1.80 bits per heavy atom. The Balaban J connectivity index is 2.10. The van der Waals surface area contributed by atoms with Crippen LogP contribution in [0.2, 0.25) is 0 Å². The molecule has 5 nitrogen and oxygen atoms in total. The van der Waals surface area contributed by atoms with Gasteiger partial charge in [0.25, 0.3) is 0 Å². The zero-order valence-corrected chi connectivity index (χ0v) is 12.8. The number of rotatable bonds is 7. The van der Waals surface area contributed by atoms with Gasteiger partial charge in [-0.2, -0.15) is 0 Å². The molecule has 0 bridgehead atoms. The lowest BCUT2D eigenvalue weighted by Crippen LogP contribution is -2.46. The molecule has 0 spiro atoms. The van der Waals surface area contributed by atoms with E-state index in [0.717, 1.165) is 25.7 Å². The molecule has 2 amide bonds. The van der Waals surface area contributed by atoms with Gasteiger partial charge in [-0.15, -0.1) is 0 Å². The molecule has 1 saturated heterocycles. The smallest absolute Gasteiger partial charge is 0.409 e. The van der Waals surface area contributed by atoms with Crippen LogP contribution in [0.1, 0.15) is 58.3 Å². The minimum absolute atomic E-state index is 0.151. The van der Waals surface area contributed by atoms with E-state index in [9.17, 15) is 9.59 Å². The first kappa shape index (κ1) is 16.8. The summed E-state index contributed by atoms with van der Waals surface area (Å²) in [7, 11) is 1.40. The Bertz CT molecular complexity index is 299. The molecule has 5 heteroatoms. The van der Waals surface area contributed by atoms with Crippen molar-refractivity contribution in [3.8, 4) is 0 Å². The molecule has 1 fully saturated rings. The summed E-state index contributed by atoms with van der Waals surface area (Å²) >= 11 is 0. The van der Waals surface area contributed by atoms with Gasteiger partial charge in [-0.25, -0.2) is 4.79 Å². The van der Waals surface area contributed by atoms with E-state index in [0.29, 0.717) is 19.5 Å². The third kappa shape index (κ3) is 6.26. The van der Waals surface area contributed by atoms with E-state index in [1.807, 2.05) is 0 Å². The molecule has 0 aromatic heterocycles. The van der Waals surface area contributed by atoms with E-state index in [1.54, 1.807) is 4.90 Å². The number of unbranched alkanes of at least 4 members (excludes halogenated alkanes) is 4. The zero-order chi connectivity index (χ0) is 14.8. The van der Waals surface area contributed by atoms with E-state index in [-0.39, 0.29) is 18.0 Å². The fraction of sp³-hybridized carbons (Fsp3) is 0.867. The first-order chi connectivity index (χ1) is 9.67. The highest BCUT2D eigenvalue weighted by Gasteiger charge is 2.23. The molecular weight excluding hydrogens is 256 g/mol. The molecule has 0 aromatic rings. The predicted molar refractivity (Wildman–Crippen MR) is 78.5 cm³/mol. The van der Waals surface area contributed by atoms with Crippen LogP contribution in [0.4, 0.5) is 4.79 Å². The normalized spacial score (nSPS) is 16.0. The van der Waals surface area contributed by atoms with Gasteiger partial charge >= 0.3 is 6.09 Å². The molecule has 1 N–H and O–H groups in total. The molecular formula is C15H28N2O3. The number of ether oxygens (including phenoxy) is 1. The Kier molecular flexibility index (Phi) is 8.07. The largest absolute Gasteiger partial charge is 0.453 e. The minimum atomic E-state index is -0.272. The number of nitrogens with zero attached hydrogens (tertiary/aromatic N) is 1. The van der Waals surface area contributed by atoms with Crippen LogP contribution < -0.4 is 5.32 Å². The number of amides is 2. The van der Waals surface area contributed by atoms with Crippen molar-refractivity contribution in [1.82, 2.24) is 10.2 Å². The highest BCUT2D eigenvalue weighted by Crippen LogP contribution is 2.12. The number of carbonyl (C=O) groups is 2. The maximum atomic E-state index is 11.8. The highest BCUT2D eigenvalue weighted by atomic mass is 16.5. The van der Waals surface area contributed by atoms with Crippen LogP contribution >= 0.6 is 0 Å². The summed E-state index contributed by atoms with van der Waals surface area (Å²) in [5, 5.41) is 3.07. The molecule has 1 aliphatic heterocycles. The van der Waals surface area contributed by atoms with Crippen molar-refractivity contribution in [2.45, 2.75) is 64.3 Å².